The fourth-order valence-corrected chi connectivity index (χ4v) is 3.69. The zero-order valence-corrected chi connectivity index (χ0v) is 17.6. The van der Waals surface area contributed by atoms with Gasteiger partial charge in [-0.05, 0) is 57.0 Å². The number of aryl methyl sites for hydroxylation is 3. The van der Waals surface area contributed by atoms with Crippen LogP contribution in [0.15, 0.2) is 60.7 Å². The number of benzene rings is 3. The summed E-state index contributed by atoms with van der Waals surface area (Å²) in [6, 6.07) is 19.8. The third-order valence-electron chi connectivity index (χ3n) is 5.35. The second-order valence-electron chi connectivity index (χ2n) is 7.64. The van der Waals surface area contributed by atoms with Crippen LogP contribution in [0.3, 0.4) is 0 Å². The summed E-state index contributed by atoms with van der Waals surface area (Å²) in [5.74, 6) is -0.0638. The minimum Gasteiger partial charge on any atom is -0.297 e. The molecule has 0 aliphatic heterocycles. The van der Waals surface area contributed by atoms with Gasteiger partial charge in [0.1, 0.15) is 6.10 Å². The predicted molar refractivity (Wildman–Crippen MR) is 122 cm³/mol. The van der Waals surface area contributed by atoms with E-state index in [4.69, 9.17) is 9.82 Å². The number of pyridine rings is 1. The number of fused-ring (bicyclic) bond motifs is 2. The number of rotatable bonds is 6. The number of aromatic nitrogens is 1. The van der Waals surface area contributed by atoms with Gasteiger partial charge in [-0.1, -0.05) is 48.0 Å². The molecule has 5 nitrogen and oxygen atoms in total. The molecule has 0 aliphatic carbocycles. The molecule has 3 aromatic carbocycles. The van der Waals surface area contributed by atoms with Crippen LogP contribution in [0.25, 0.3) is 21.8 Å². The third-order valence-corrected chi connectivity index (χ3v) is 5.35. The second kappa shape index (κ2) is 8.22. The lowest BCUT2D eigenvalue weighted by Crippen LogP contribution is -2.32. The molecular weight excluding hydrogens is 374 g/mol. The van der Waals surface area contributed by atoms with Crippen LogP contribution >= 0.6 is 0 Å². The smallest absolute Gasteiger partial charge is 0.193 e. The van der Waals surface area contributed by atoms with E-state index < -0.39 is 6.10 Å². The highest BCUT2D eigenvalue weighted by atomic mass is 16.7. The van der Waals surface area contributed by atoms with E-state index in [1.165, 1.54) is 0 Å². The molecule has 0 saturated carbocycles. The van der Waals surface area contributed by atoms with Gasteiger partial charge in [0, 0.05) is 16.3 Å². The van der Waals surface area contributed by atoms with E-state index in [0.717, 1.165) is 44.2 Å². The zero-order valence-electron chi connectivity index (χ0n) is 17.6. The Kier molecular flexibility index (Phi) is 5.48. The van der Waals surface area contributed by atoms with Crippen LogP contribution in [-0.2, 0) is 4.84 Å². The highest BCUT2D eigenvalue weighted by Gasteiger charge is 2.19. The Labute approximate surface area is 176 Å². The molecule has 0 bridgehead atoms. The van der Waals surface area contributed by atoms with Gasteiger partial charge in [0.2, 0.25) is 0 Å². The van der Waals surface area contributed by atoms with Crippen molar-refractivity contribution in [3.63, 3.8) is 0 Å². The molecule has 0 spiro atoms. The number of ketones is 1. The Morgan fingerprint density at radius 2 is 1.70 bits per heavy atom. The molecule has 4 rings (SSSR count). The van der Waals surface area contributed by atoms with Gasteiger partial charge in [-0.3, -0.25) is 15.1 Å². The highest BCUT2D eigenvalue weighted by molar-refractivity contribution is 6.08. The van der Waals surface area contributed by atoms with E-state index in [2.05, 4.69) is 24.0 Å². The molecule has 1 unspecified atom stereocenters. The molecule has 0 radical (unpaired) electrons. The number of para-hydroxylation sites is 1. The van der Waals surface area contributed by atoms with Crippen LogP contribution in [0, 0.1) is 20.8 Å². The summed E-state index contributed by atoms with van der Waals surface area (Å²) >= 11 is 0. The Morgan fingerprint density at radius 3 is 2.53 bits per heavy atom. The molecule has 4 aromatic rings. The molecule has 0 aliphatic rings. The van der Waals surface area contributed by atoms with Crippen LogP contribution in [0.2, 0.25) is 0 Å². The Balaban J connectivity index is 1.59. The van der Waals surface area contributed by atoms with Crippen molar-refractivity contribution in [2.24, 2.45) is 0 Å². The monoisotopic (exact) mass is 399 g/mol. The van der Waals surface area contributed by atoms with E-state index >= 15 is 0 Å². The number of hydrogen-bond acceptors (Lipinski definition) is 5. The first-order chi connectivity index (χ1) is 14.5. The van der Waals surface area contributed by atoms with Crippen molar-refractivity contribution in [3.8, 4) is 0 Å². The van der Waals surface area contributed by atoms with E-state index in [1.807, 2.05) is 68.4 Å². The SMILES string of the molecule is Cc1ccc(C)c(C(=O)C(C)ONNc2c3ccccc3nc3cccc(C)c23)c1. The highest BCUT2D eigenvalue weighted by Crippen LogP contribution is 2.32. The maximum atomic E-state index is 12.8. The number of hydrogen-bond donors (Lipinski definition) is 2. The fraction of sp³-hybridized carbons (Fsp3) is 0.200. The molecular formula is C25H25N3O2. The summed E-state index contributed by atoms with van der Waals surface area (Å²) in [6.07, 6.45) is -0.654. The van der Waals surface area contributed by atoms with Crippen LogP contribution in [0.5, 0.6) is 0 Å². The standard InChI is InChI=1S/C25H25N3O2/c1-15-12-13-16(2)20(14-15)25(29)18(4)30-28-27-24-19-9-5-6-10-21(19)26-22-11-7-8-17(3)23(22)24/h5-14,18,28H,1-4H3,(H,26,27). The number of Topliss-reactive ketones (excluding diaryl/α,β-unsaturated/α-hetero) is 1. The van der Waals surface area contributed by atoms with Gasteiger partial charge in [0.15, 0.2) is 5.78 Å². The van der Waals surface area contributed by atoms with Crippen LogP contribution in [-0.4, -0.2) is 16.9 Å². The minimum atomic E-state index is -0.654. The van der Waals surface area contributed by atoms with Gasteiger partial charge in [-0.2, -0.15) is 0 Å². The zero-order chi connectivity index (χ0) is 21.3. The van der Waals surface area contributed by atoms with Gasteiger partial charge in [-0.15, -0.1) is 5.59 Å². The molecule has 0 fully saturated rings. The van der Waals surface area contributed by atoms with Gasteiger partial charge in [0.05, 0.1) is 16.7 Å². The number of hydrazine groups is 1. The minimum absolute atomic E-state index is 0.0638. The molecule has 2 N–H and O–H groups in total. The predicted octanol–water partition coefficient (Wildman–Crippen LogP) is 5.43. The van der Waals surface area contributed by atoms with Crippen LogP contribution in [0.4, 0.5) is 5.69 Å². The van der Waals surface area contributed by atoms with Crippen molar-refractivity contribution in [1.29, 1.82) is 0 Å². The average Bonchev–Trinajstić information content (AvgIpc) is 2.74. The van der Waals surface area contributed by atoms with Crippen molar-refractivity contribution in [2.75, 3.05) is 5.43 Å². The lowest BCUT2D eigenvalue weighted by Gasteiger charge is -2.18. The van der Waals surface area contributed by atoms with Crippen molar-refractivity contribution < 1.29 is 9.63 Å². The van der Waals surface area contributed by atoms with Crippen molar-refractivity contribution in [3.05, 3.63) is 82.9 Å². The summed E-state index contributed by atoms with van der Waals surface area (Å²) in [5.41, 5.74) is 12.4. The van der Waals surface area contributed by atoms with E-state index in [0.29, 0.717) is 5.56 Å². The summed E-state index contributed by atoms with van der Waals surface area (Å²) in [5, 5.41) is 1.99. The van der Waals surface area contributed by atoms with Gasteiger partial charge >= 0.3 is 0 Å². The van der Waals surface area contributed by atoms with E-state index in [-0.39, 0.29) is 5.78 Å². The van der Waals surface area contributed by atoms with Gasteiger partial charge in [-0.25, -0.2) is 4.98 Å². The van der Waals surface area contributed by atoms with Crippen molar-refractivity contribution in [1.82, 2.24) is 10.6 Å². The first-order valence-corrected chi connectivity index (χ1v) is 10.0. The van der Waals surface area contributed by atoms with Crippen molar-refractivity contribution >= 4 is 33.3 Å². The number of carbonyl (C=O) groups is 1. The first kappa shape index (κ1) is 20.0. The summed E-state index contributed by atoms with van der Waals surface area (Å²) in [6.45, 7) is 7.71. The fourth-order valence-electron chi connectivity index (χ4n) is 3.69. The van der Waals surface area contributed by atoms with E-state index in [9.17, 15) is 4.79 Å². The maximum Gasteiger partial charge on any atom is 0.193 e. The number of nitrogens with zero attached hydrogens (tertiary/aromatic N) is 1. The topological polar surface area (TPSA) is 63.2 Å². The largest absolute Gasteiger partial charge is 0.297 e. The van der Waals surface area contributed by atoms with Crippen molar-refractivity contribution in [2.45, 2.75) is 33.8 Å². The van der Waals surface area contributed by atoms with Gasteiger partial charge in [0.25, 0.3) is 0 Å². The molecule has 0 saturated heterocycles. The third kappa shape index (κ3) is 3.77. The normalized spacial score (nSPS) is 12.3. The molecule has 1 heterocycles. The number of carbonyl (C=O) groups excluding carboxylic acids is 1. The Hall–Kier alpha value is -3.28. The Bertz CT molecular complexity index is 1250. The van der Waals surface area contributed by atoms with Crippen LogP contribution < -0.4 is 11.0 Å². The molecule has 30 heavy (non-hydrogen) atoms. The average molecular weight is 399 g/mol. The summed E-state index contributed by atoms with van der Waals surface area (Å²) in [7, 11) is 0. The maximum absolute atomic E-state index is 12.8. The quantitative estimate of drug-likeness (QED) is 0.257. The lowest BCUT2D eigenvalue weighted by atomic mass is 9.99. The molecule has 152 valence electrons. The lowest BCUT2D eigenvalue weighted by molar-refractivity contribution is 0.00515. The van der Waals surface area contributed by atoms with Crippen LogP contribution in [0.1, 0.15) is 34.0 Å². The molecule has 1 aromatic heterocycles. The molecule has 1 atom stereocenters. The molecule has 5 heteroatoms. The van der Waals surface area contributed by atoms with Gasteiger partial charge < -0.3 is 0 Å². The number of anilines is 1. The van der Waals surface area contributed by atoms with E-state index in [1.54, 1.807) is 6.92 Å². The first-order valence-electron chi connectivity index (χ1n) is 10.0. The summed E-state index contributed by atoms with van der Waals surface area (Å²) < 4.78 is 0. The second-order valence-corrected chi connectivity index (χ2v) is 7.64. The molecule has 0 amide bonds. The summed E-state index contributed by atoms with van der Waals surface area (Å²) in [4.78, 5) is 23.3. The Morgan fingerprint density at radius 1 is 0.933 bits per heavy atom. The number of nitrogens with one attached hydrogen (secondary N) is 2.